The molecule has 1 rings (SSSR count). The van der Waals surface area contributed by atoms with Crippen LogP contribution in [-0.2, 0) is 6.54 Å². The van der Waals surface area contributed by atoms with Crippen LogP contribution in [0.1, 0.15) is 30.2 Å². The van der Waals surface area contributed by atoms with Crippen molar-refractivity contribution in [1.82, 2.24) is 5.32 Å². The maximum Gasteiger partial charge on any atom is 0.188 e. The highest BCUT2D eigenvalue weighted by Gasteiger charge is 1.98. The monoisotopic (exact) mass is 353 g/mol. The predicted molar refractivity (Wildman–Crippen MR) is 82.7 cm³/mol. The first-order valence-electron chi connectivity index (χ1n) is 5.30. The lowest BCUT2D eigenvalue weighted by Crippen LogP contribution is -2.32. The second kappa shape index (κ2) is 8.81. The van der Waals surface area contributed by atoms with Crippen LogP contribution in [0.4, 0.5) is 0 Å². The molecule has 0 aliphatic rings. The third-order valence-corrected chi connectivity index (χ3v) is 3.21. The number of nitrogens with two attached hydrogens (primary N) is 1. The number of hydrogen-bond acceptors (Lipinski definition) is 2. The van der Waals surface area contributed by atoms with E-state index in [0.717, 1.165) is 13.0 Å². The molecule has 0 saturated heterocycles. The van der Waals surface area contributed by atoms with E-state index in [0.29, 0.717) is 12.5 Å². The van der Waals surface area contributed by atoms with Gasteiger partial charge in [0.05, 0.1) is 6.54 Å². The first kappa shape index (κ1) is 15.7. The van der Waals surface area contributed by atoms with Gasteiger partial charge in [0.15, 0.2) is 5.96 Å². The van der Waals surface area contributed by atoms with Gasteiger partial charge in [-0.25, -0.2) is 4.99 Å². The molecule has 0 aliphatic carbocycles. The van der Waals surface area contributed by atoms with Crippen LogP contribution < -0.4 is 11.1 Å². The average molecular weight is 353 g/mol. The van der Waals surface area contributed by atoms with Crippen LogP contribution in [0.25, 0.3) is 0 Å². The maximum absolute atomic E-state index is 5.72. The van der Waals surface area contributed by atoms with E-state index < -0.39 is 0 Å². The van der Waals surface area contributed by atoms with Gasteiger partial charge in [-0.1, -0.05) is 13.3 Å². The van der Waals surface area contributed by atoms with Gasteiger partial charge in [0, 0.05) is 11.4 Å². The number of halogens is 1. The van der Waals surface area contributed by atoms with Crippen molar-refractivity contribution in [3.05, 3.63) is 21.9 Å². The van der Waals surface area contributed by atoms with E-state index in [-0.39, 0.29) is 24.0 Å². The standard InChI is InChI=1S/C11H19N3S.HI/c1-3-4-6-13-11(12)14-8-10-9(2)5-7-15-10;/h5,7H,3-4,6,8H2,1-2H3,(H3,12,13,14);1H. The van der Waals surface area contributed by atoms with Gasteiger partial charge in [0.2, 0.25) is 0 Å². The lowest BCUT2D eigenvalue weighted by Gasteiger charge is -2.03. The van der Waals surface area contributed by atoms with E-state index in [9.17, 15) is 0 Å². The van der Waals surface area contributed by atoms with Crippen LogP contribution in [0, 0.1) is 6.92 Å². The number of thiophene rings is 1. The van der Waals surface area contributed by atoms with Crippen LogP contribution in [0.2, 0.25) is 0 Å². The molecule has 0 bridgehead atoms. The molecule has 0 radical (unpaired) electrons. The Morgan fingerprint density at radius 3 is 2.88 bits per heavy atom. The Labute approximate surface area is 119 Å². The molecule has 1 aromatic rings. The van der Waals surface area contributed by atoms with Crippen molar-refractivity contribution in [3.63, 3.8) is 0 Å². The smallest absolute Gasteiger partial charge is 0.188 e. The maximum atomic E-state index is 5.72. The first-order chi connectivity index (χ1) is 7.24. The molecule has 5 heteroatoms. The highest BCUT2D eigenvalue weighted by molar-refractivity contribution is 14.0. The van der Waals surface area contributed by atoms with Crippen LogP contribution >= 0.6 is 35.3 Å². The Morgan fingerprint density at radius 2 is 2.31 bits per heavy atom. The van der Waals surface area contributed by atoms with Gasteiger partial charge < -0.3 is 11.1 Å². The third-order valence-electron chi connectivity index (χ3n) is 2.20. The van der Waals surface area contributed by atoms with Gasteiger partial charge in [-0.05, 0) is 30.4 Å². The zero-order valence-corrected chi connectivity index (χ0v) is 13.0. The SMILES string of the molecule is CCCCNC(N)=NCc1sccc1C.I. The van der Waals surface area contributed by atoms with Crippen molar-refractivity contribution in [2.45, 2.75) is 33.2 Å². The topological polar surface area (TPSA) is 50.4 Å². The number of aliphatic imine (C=N–C) groups is 1. The normalized spacial score (nSPS) is 11.0. The molecule has 1 heterocycles. The van der Waals surface area contributed by atoms with Gasteiger partial charge in [-0.15, -0.1) is 35.3 Å². The highest BCUT2D eigenvalue weighted by atomic mass is 127. The van der Waals surface area contributed by atoms with E-state index in [1.807, 2.05) is 0 Å². The number of nitrogens with zero attached hydrogens (tertiary/aromatic N) is 1. The Balaban J connectivity index is 0.00000225. The van der Waals surface area contributed by atoms with Crippen LogP contribution in [0.5, 0.6) is 0 Å². The molecular weight excluding hydrogens is 333 g/mol. The third kappa shape index (κ3) is 5.69. The predicted octanol–water partition coefficient (Wildman–Crippen LogP) is 2.88. The van der Waals surface area contributed by atoms with Crippen molar-refractivity contribution in [3.8, 4) is 0 Å². The molecule has 3 nitrogen and oxygen atoms in total. The quantitative estimate of drug-likeness (QED) is 0.370. The molecule has 1 aromatic heterocycles. The number of unbranched alkanes of at least 4 members (excludes halogenated alkanes) is 1. The molecule has 0 amide bonds. The Kier molecular flexibility index (Phi) is 8.64. The van der Waals surface area contributed by atoms with Crippen LogP contribution in [-0.4, -0.2) is 12.5 Å². The summed E-state index contributed by atoms with van der Waals surface area (Å²) in [6.45, 7) is 5.86. The zero-order valence-electron chi connectivity index (χ0n) is 9.82. The van der Waals surface area contributed by atoms with E-state index in [4.69, 9.17) is 5.73 Å². The van der Waals surface area contributed by atoms with Gasteiger partial charge >= 0.3 is 0 Å². The van der Waals surface area contributed by atoms with E-state index in [1.165, 1.54) is 16.9 Å². The Hall–Kier alpha value is -0.300. The minimum Gasteiger partial charge on any atom is -0.370 e. The molecule has 16 heavy (non-hydrogen) atoms. The summed E-state index contributed by atoms with van der Waals surface area (Å²) < 4.78 is 0. The van der Waals surface area contributed by atoms with Gasteiger partial charge in [-0.2, -0.15) is 0 Å². The number of hydrogen-bond donors (Lipinski definition) is 2. The summed E-state index contributed by atoms with van der Waals surface area (Å²) in [5.41, 5.74) is 7.02. The molecule has 3 N–H and O–H groups in total. The molecule has 0 fully saturated rings. The summed E-state index contributed by atoms with van der Waals surface area (Å²) in [7, 11) is 0. The van der Waals surface area contributed by atoms with E-state index in [2.05, 4.69) is 35.6 Å². The van der Waals surface area contributed by atoms with Crippen molar-refractivity contribution in [2.75, 3.05) is 6.54 Å². The van der Waals surface area contributed by atoms with Crippen molar-refractivity contribution in [1.29, 1.82) is 0 Å². The van der Waals surface area contributed by atoms with Gasteiger partial charge in [-0.3, -0.25) is 0 Å². The molecule has 0 aromatic carbocycles. The van der Waals surface area contributed by atoms with Crippen molar-refractivity contribution in [2.24, 2.45) is 10.7 Å². The zero-order chi connectivity index (χ0) is 11.1. The number of guanidine groups is 1. The van der Waals surface area contributed by atoms with Gasteiger partial charge in [0.1, 0.15) is 0 Å². The van der Waals surface area contributed by atoms with E-state index in [1.54, 1.807) is 11.3 Å². The number of rotatable bonds is 5. The number of nitrogens with one attached hydrogen (secondary N) is 1. The summed E-state index contributed by atoms with van der Waals surface area (Å²) in [4.78, 5) is 5.58. The van der Waals surface area contributed by atoms with Crippen molar-refractivity contribution < 1.29 is 0 Å². The summed E-state index contributed by atoms with van der Waals surface area (Å²) in [6.07, 6.45) is 2.30. The summed E-state index contributed by atoms with van der Waals surface area (Å²) in [5.74, 6) is 0.552. The molecular formula is C11H20IN3S. The van der Waals surface area contributed by atoms with Crippen LogP contribution in [0.3, 0.4) is 0 Å². The molecule has 0 aliphatic heterocycles. The second-order valence-corrected chi connectivity index (χ2v) is 4.51. The largest absolute Gasteiger partial charge is 0.370 e. The lowest BCUT2D eigenvalue weighted by molar-refractivity contribution is 0.748. The molecule has 0 atom stereocenters. The van der Waals surface area contributed by atoms with Crippen LogP contribution in [0.15, 0.2) is 16.4 Å². The first-order valence-corrected chi connectivity index (χ1v) is 6.18. The minimum absolute atomic E-state index is 0. The summed E-state index contributed by atoms with van der Waals surface area (Å²) in [5, 5.41) is 5.18. The lowest BCUT2D eigenvalue weighted by atomic mass is 10.3. The molecule has 0 saturated carbocycles. The fourth-order valence-electron chi connectivity index (χ4n) is 1.17. The minimum atomic E-state index is 0. The van der Waals surface area contributed by atoms with Crippen molar-refractivity contribution >= 4 is 41.3 Å². The summed E-state index contributed by atoms with van der Waals surface area (Å²) in [6, 6.07) is 2.11. The highest BCUT2D eigenvalue weighted by Crippen LogP contribution is 2.15. The van der Waals surface area contributed by atoms with Gasteiger partial charge in [0.25, 0.3) is 0 Å². The molecule has 0 unspecified atom stereocenters. The Bertz CT molecular complexity index is 323. The fraction of sp³-hybridized carbons (Fsp3) is 0.545. The molecule has 92 valence electrons. The second-order valence-electron chi connectivity index (χ2n) is 3.51. The van der Waals surface area contributed by atoms with E-state index >= 15 is 0 Å². The average Bonchev–Trinajstić information content (AvgIpc) is 2.61. The Morgan fingerprint density at radius 1 is 1.56 bits per heavy atom. The number of aryl methyl sites for hydroxylation is 1. The summed E-state index contributed by atoms with van der Waals surface area (Å²) >= 11 is 1.73. The fourth-order valence-corrected chi connectivity index (χ4v) is 2.00. The molecule has 0 spiro atoms.